The fraction of sp³-hybridized carbons (Fsp3) is 0.0189. The van der Waals surface area contributed by atoms with Crippen molar-refractivity contribution in [3.05, 3.63) is 229 Å². The zero-order chi connectivity index (χ0) is 37.1. The van der Waals surface area contributed by atoms with Gasteiger partial charge >= 0.3 is 0 Å². The summed E-state index contributed by atoms with van der Waals surface area (Å²) >= 11 is 0. The molecule has 0 saturated carbocycles. The standard InChI is InChI=1S/C53H34N2O/c1-3-15-35(16-4-1)37-19-13-21-39(31-37)48-34-49(40-22-14-20-38(32-40)36-17-5-2-6-18-36)55-52(54-48)41-29-30-47-51(33-41)56-50-28-12-11-27-46(50)53(47)44-25-9-7-23-42(44)43-24-8-10-26-45(43)53/h1-34H. The van der Waals surface area contributed by atoms with Crippen molar-refractivity contribution in [1.82, 2.24) is 9.97 Å². The van der Waals surface area contributed by atoms with E-state index in [0.29, 0.717) is 5.82 Å². The highest BCUT2D eigenvalue weighted by molar-refractivity contribution is 5.89. The summed E-state index contributed by atoms with van der Waals surface area (Å²) in [5.41, 5.74) is 16.0. The van der Waals surface area contributed by atoms with Gasteiger partial charge in [-0.2, -0.15) is 0 Å². The van der Waals surface area contributed by atoms with Crippen LogP contribution in [0.2, 0.25) is 0 Å². The van der Waals surface area contributed by atoms with E-state index in [0.717, 1.165) is 73.0 Å². The molecule has 2 heterocycles. The molecule has 0 saturated heterocycles. The SMILES string of the molecule is c1ccc(-c2cccc(-c3cc(-c4cccc(-c5ccccc5)c4)nc(-c4ccc5c(c4)Oc4ccccc4C54c5ccccc5-c5ccccc54)n3)c2)cc1. The van der Waals surface area contributed by atoms with E-state index in [1.807, 2.05) is 12.1 Å². The Morgan fingerprint density at radius 3 is 1.36 bits per heavy atom. The molecule has 9 aromatic rings. The summed E-state index contributed by atoms with van der Waals surface area (Å²) in [5, 5.41) is 0. The Hall–Kier alpha value is -7.36. The van der Waals surface area contributed by atoms with Crippen molar-refractivity contribution in [2.75, 3.05) is 0 Å². The number of hydrogen-bond donors (Lipinski definition) is 0. The number of ether oxygens (including phenoxy) is 1. The highest BCUT2D eigenvalue weighted by Crippen LogP contribution is 2.62. The smallest absolute Gasteiger partial charge is 0.160 e. The highest BCUT2D eigenvalue weighted by atomic mass is 16.5. The van der Waals surface area contributed by atoms with Crippen LogP contribution in [-0.4, -0.2) is 9.97 Å². The van der Waals surface area contributed by atoms with Gasteiger partial charge in [-0.25, -0.2) is 9.97 Å². The van der Waals surface area contributed by atoms with Crippen molar-refractivity contribution in [3.8, 4) is 78.8 Å². The van der Waals surface area contributed by atoms with Crippen molar-refractivity contribution < 1.29 is 4.74 Å². The van der Waals surface area contributed by atoms with Crippen LogP contribution >= 0.6 is 0 Å². The molecule has 0 atom stereocenters. The Kier molecular flexibility index (Phi) is 7.39. The number of para-hydroxylation sites is 1. The molecule has 56 heavy (non-hydrogen) atoms. The molecule has 1 spiro atoms. The fourth-order valence-corrected chi connectivity index (χ4v) is 8.85. The van der Waals surface area contributed by atoms with Crippen LogP contribution in [0.25, 0.3) is 67.3 Å². The van der Waals surface area contributed by atoms with E-state index in [1.165, 1.54) is 22.3 Å². The monoisotopic (exact) mass is 714 g/mol. The maximum Gasteiger partial charge on any atom is 0.160 e. The third-order valence-electron chi connectivity index (χ3n) is 11.4. The molecule has 0 fully saturated rings. The summed E-state index contributed by atoms with van der Waals surface area (Å²) < 4.78 is 6.86. The van der Waals surface area contributed by atoms with E-state index in [-0.39, 0.29) is 0 Å². The van der Waals surface area contributed by atoms with Gasteiger partial charge in [0.1, 0.15) is 11.5 Å². The third kappa shape index (κ3) is 5.05. The van der Waals surface area contributed by atoms with Gasteiger partial charge in [-0.15, -0.1) is 0 Å². The van der Waals surface area contributed by atoms with E-state index in [2.05, 4.69) is 194 Å². The second kappa shape index (κ2) is 12.9. The van der Waals surface area contributed by atoms with E-state index < -0.39 is 5.41 Å². The molecule has 2 aliphatic rings. The number of nitrogens with zero attached hydrogens (tertiary/aromatic N) is 2. The summed E-state index contributed by atoms with van der Waals surface area (Å²) in [5.74, 6) is 2.30. The Labute approximate surface area is 326 Å². The molecule has 1 aromatic heterocycles. The van der Waals surface area contributed by atoms with Gasteiger partial charge in [-0.05, 0) is 74.8 Å². The fourth-order valence-electron chi connectivity index (χ4n) is 8.85. The van der Waals surface area contributed by atoms with Gasteiger partial charge in [0.15, 0.2) is 5.82 Å². The summed E-state index contributed by atoms with van der Waals surface area (Å²) in [6.45, 7) is 0. The zero-order valence-electron chi connectivity index (χ0n) is 30.4. The lowest BCUT2D eigenvalue weighted by atomic mass is 9.66. The molecule has 0 bridgehead atoms. The van der Waals surface area contributed by atoms with Crippen LogP contribution in [0.5, 0.6) is 11.5 Å². The number of rotatable bonds is 5. The molecular formula is C53H34N2O. The minimum Gasteiger partial charge on any atom is -0.457 e. The zero-order valence-corrected chi connectivity index (χ0v) is 30.4. The number of benzene rings is 8. The molecule has 1 aliphatic carbocycles. The summed E-state index contributed by atoms with van der Waals surface area (Å²) in [6, 6.07) is 73.0. The van der Waals surface area contributed by atoms with Crippen LogP contribution in [0.4, 0.5) is 0 Å². The van der Waals surface area contributed by atoms with Gasteiger partial charge in [-0.1, -0.05) is 176 Å². The van der Waals surface area contributed by atoms with Crippen LogP contribution in [-0.2, 0) is 5.41 Å². The average molecular weight is 715 g/mol. The number of fused-ring (bicyclic) bond motifs is 9. The van der Waals surface area contributed by atoms with Crippen molar-refractivity contribution >= 4 is 0 Å². The first-order chi connectivity index (χ1) is 27.7. The second-order valence-corrected chi connectivity index (χ2v) is 14.5. The van der Waals surface area contributed by atoms with E-state index in [9.17, 15) is 0 Å². The van der Waals surface area contributed by atoms with E-state index >= 15 is 0 Å². The Morgan fingerprint density at radius 1 is 0.304 bits per heavy atom. The summed E-state index contributed by atoms with van der Waals surface area (Å²) in [4.78, 5) is 10.6. The molecule has 0 amide bonds. The topological polar surface area (TPSA) is 35.0 Å². The lowest BCUT2D eigenvalue weighted by Gasteiger charge is -2.39. The summed E-state index contributed by atoms with van der Waals surface area (Å²) in [7, 11) is 0. The van der Waals surface area contributed by atoms with Crippen LogP contribution in [0.3, 0.4) is 0 Å². The van der Waals surface area contributed by atoms with Crippen LogP contribution in [0.15, 0.2) is 206 Å². The average Bonchev–Trinajstić information content (AvgIpc) is 3.57. The maximum absolute atomic E-state index is 6.86. The second-order valence-electron chi connectivity index (χ2n) is 14.5. The molecule has 8 aromatic carbocycles. The van der Waals surface area contributed by atoms with Crippen LogP contribution in [0.1, 0.15) is 22.3 Å². The number of aromatic nitrogens is 2. The Bertz CT molecular complexity index is 2800. The van der Waals surface area contributed by atoms with Crippen molar-refractivity contribution in [1.29, 1.82) is 0 Å². The van der Waals surface area contributed by atoms with E-state index in [4.69, 9.17) is 14.7 Å². The Balaban J connectivity index is 1.11. The molecule has 1 aliphatic heterocycles. The molecule has 3 heteroatoms. The van der Waals surface area contributed by atoms with Gasteiger partial charge in [-0.3, -0.25) is 0 Å². The highest BCUT2D eigenvalue weighted by Gasteiger charge is 2.50. The summed E-state index contributed by atoms with van der Waals surface area (Å²) in [6.07, 6.45) is 0. The first kappa shape index (κ1) is 32.1. The van der Waals surface area contributed by atoms with Crippen molar-refractivity contribution in [2.45, 2.75) is 5.41 Å². The molecule has 262 valence electrons. The Morgan fingerprint density at radius 2 is 0.768 bits per heavy atom. The first-order valence-electron chi connectivity index (χ1n) is 19.1. The molecule has 0 N–H and O–H groups in total. The minimum absolute atomic E-state index is 0.528. The number of hydrogen-bond acceptors (Lipinski definition) is 3. The van der Waals surface area contributed by atoms with E-state index in [1.54, 1.807) is 0 Å². The van der Waals surface area contributed by atoms with Gasteiger partial charge < -0.3 is 4.74 Å². The quantitative estimate of drug-likeness (QED) is 0.178. The molecule has 11 rings (SSSR count). The predicted molar refractivity (Wildman–Crippen MR) is 227 cm³/mol. The predicted octanol–water partition coefficient (Wildman–Crippen LogP) is 13.3. The van der Waals surface area contributed by atoms with Gasteiger partial charge in [0.05, 0.1) is 16.8 Å². The molecule has 3 nitrogen and oxygen atoms in total. The normalized spacial score (nSPS) is 12.9. The van der Waals surface area contributed by atoms with Crippen LogP contribution in [0, 0.1) is 0 Å². The largest absolute Gasteiger partial charge is 0.457 e. The first-order valence-corrected chi connectivity index (χ1v) is 19.1. The van der Waals surface area contributed by atoms with Crippen LogP contribution < -0.4 is 4.74 Å². The van der Waals surface area contributed by atoms with Gasteiger partial charge in [0.2, 0.25) is 0 Å². The molecular weight excluding hydrogens is 681 g/mol. The van der Waals surface area contributed by atoms with Crippen molar-refractivity contribution in [3.63, 3.8) is 0 Å². The maximum atomic E-state index is 6.86. The van der Waals surface area contributed by atoms with Gasteiger partial charge in [0.25, 0.3) is 0 Å². The lowest BCUT2D eigenvalue weighted by molar-refractivity contribution is 0.436. The third-order valence-corrected chi connectivity index (χ3v) is 11.4. The lowest BCUT2D eigenvalue weighted by Crippen LogP contribution is -2.32. The minimum atomic E-state index is -0.528. The van der Waals surface area contributed by atoms with Gasteiger partial charge in [0, 0.05) is 27.8 Å². The molecule has 0 radical (unpaired) electrons. The van der Waals surface area contributed by atoms with Crippen molar-refractivity contribution in [2.24, 2.45) is 0 Å². The molecule has 0 unspecified atom stereocenters.